The molecule has 3 N–H and O–H groups in total. The van der Waals surface area contributed by atoms with Gasteiger partial charge in [-0.25, -0.2) is 4.79 Å². The van der Waals surface area contributed by atoms with E-state index in [1.54, 1.807) is 0 Å². The van der Waals surface area contributed by atoms with Gasteiger partial charge in [-0.1, -0.05) is 69.3 Å². The van der Waals surface area contributed by atoms with Gasteiger partial charge >= 0.3 is 12.1 Å². The molecule has 0 radical (unpaired) electrons. The van der Waals surface area contributed by atoms with Crippen LogP contribution in [0.4, 0.5) is 4.79 Å². The summed E-state index contributed by atoms with van der Waals surface area (Å²) in [5.74, 6) is -0.702. The van der Waals surface area contributed by atoms with Crippen molar-refractivity contribution in [2.75, 3.05) is 13.2 Å². The lowest BCUT2D eigenvalue weighted by atomic mass is 9.98. The van der Waals surface area contributed by atoms with Crippen LogP contribution in [0.5, 0.6) is 0 Å². The summed E-state index contributed by atoms with van der Waals surface area (Å²) in [5, 5.41) is 14.5. The van der Waals surface area contributed by atoms with Crippen LogP contribution < -0.4 is 10.6 Å². The van der Waals surface area contributed by atoms with E-state index < -0.39 is 12.1 Å². The van der Waals surface area contributed by atoms with Crippen LogP contribution in [0.3, 0.4) is 0 Å². The molecule has 188 valence electrons. The number of carbonyl (C=O) groups excluding carboxylic acids is 2. The summed E-state index contributed by atoms with van der Waals surface area (Å²) in [6, 6.07) is 16.0. The summed E-state index contributed by atoms with van der Waals surface area (Å²) >= 11 is 0. The van der Waals surface area contributed by atoms with Gasteiger partial charge in [-0.3, -0.25) is 9.59 Å². The normalized spacial score (nSPS) is 14.1. The first kappa shape index (κ1) is 26.3. The number of hydrogen-bond acceptors (Lipinski definition) is 4. The fraction of sp³-hybridized carbons (Fsp3) is 0.464. The van der Waals surface area contributed by atoms with Crippen molar-refractivity contribution in [1.29, 1.82) is 0 Å². The molecular formula is C28H36N2O5. The zero-order chi connectivity index (χ0) is 25.4. The lowest BCUT2D eigenvalue weighted by molar-refractivity contribution is -0.137. The smallest absolute Gasteiger partial charge is 0.407 e. The van der Waals surface area contributed by atoms with E-state index in [0.29, 0.717) is 19.4 Å². The van der Waals surface area contributed by atoms with Crippen LogP contribution >= 0.6 is 0 Å². The summed E-state index contributed by atoms with van der Waals surface area (Å²) in [4.78, 5) is 35.7. The molecule has 0 spiro atoms. The van der Waals surface area contributed by atoms with Gasteiger partial charge in [-0.2, -0.15) is 0 Å². The van der Waals surface area contributed by atoms with E-state index in [0.717, 1.165) is 11.1 Å². The van der Waals surface area contributed by atoms with Crippen LogP contribution in [0.2, 0.25) is 0 Å². The Hall–Kier alpha value is -3.35. The molecule has 0 aliphatic heterocycles. The van der Waals surface area contributed by atoms with Gasteiger partial charge < -0.3 is 20.5 Å². The van der Waals surface area contributed by atoms with Crippen molar-refractivity contribution in [2.45, 2.75) is 58.4 Å². The van der Waals surface area contributed by atoms with Crippen molar-refractivity contribution in [3.63, 3.8) is 0 Å². The minimum absolute atomic E-state index is 0.0166. The molecule has 2 atom stereocenters. The SMILES string of the molecule is CC(CCNC(=O)C[C@@H](NC(=O)OCC1c2ccccc2-c2ccccc21)C(C)C)CCC(=O)O. The molecule has 1 aliphatic rings. The third-order valence-electron chi connectivity index (χ3n) is 6.67. The molecule has 0 fully saturated rings. The second-order valence-electron chi connectivity index (χ2n) is 9.70. The highest BCUT2D eigenvalue weighted by Gasteiger charge is 2.29. The maximum atomic E-state index is 12.6. The molecule has 1 unspecified atom stereocenters. The number of fused-ring (bicyclic) bond motifs is 3. The highest BCUT2D eigenvalue weighted by molar-refractivity contribution is 5.79. The summed E-state index contributed by atoms with van der Waals surface area (Å²) < 4.78 is 5.63. The van der Waals surface area contributed by atoms with Gasteiger partial charge in [0.2, 0.25) is 5.91 Å². The Labute approximate surface area is 207 Å². The van der Waals surface area contributed by atoms with Crippen LogP contribution in [0, 0.1) is 11.8 Å². The van der Waals surface area contributed by atoms with Crippen LogP contribution in [-0.4, -0.2) is 42.3 Å². The predicted octanol–water partition coefficient (Wildman–Crippen LogP) is 4.95. The van der Waals surface area contributed by atoms with E-state index in [2.05, 4.69) is 34.9 Å². The monoisotopic (exact) mass is 480 g/mol. The molecule has 0 saturated heterocycles. The van der Waals surface area contributed by atoms with E-state index >= 15 is 0 Å². The van der Waals surface area contributed by atoms with Crippen molar-refractivity contribution < 1.29 is 24.2 Å². The van der Waals surface area contributed by atoms with E-state index in [1.165, 1.54) is 11.1 Å². The van der Waals surface area contributed by atoms with E-state index in [9.17, 15) is 14.4 Å². The number of amides is 2. The Bertz CT molecular complexity index is 990. The van der Waals surface area contributed by atoms with Gasteiger partial charge in [0.05, 0.1) is 0 Å². The zero-order valence-corrected chi connectivity index (χ0v) is 20.8. The molecule has 35 heavy (non-hydrogen) atoms. The molecule has 0 bridgehead atoms. The van der Waals surface area contributed by atoms with E-state index in [4.69, 9.17) is 9.84 Å². The molecule has 7 nitrogen and oxygen atoms in total. The number of hydrogen-bond donors (Lipinski definition) is 3. The maximum Gasteiger partial charge on any atom is 0.407 e. The average molecular weight is 481 g/mol. The molecular weight excluding hydrogens is 444 g/mol. The number of carboxylic acids is 1. The minimum atomic E-state index is -0.806. The molecule has 7 heteroatoms. The van der Waals surface area contributed by atoms with Crippen molar-refractivity contribution in [2.24, 2.45) is 11.8 Å². The van der Waals surface area contributed by atoms with Gasteiger partial charge in [-0.05, 0) is 46.9 Å². The topological polar surface area (TPSA) is 105 Å². The Morgan fingerprint density at radius 3 is 2.11 bits per heavy atom. The highest BCUT2D eigenvalue weighted by atomic mass is 16.5. The fourth-order valence-corrected chi connectivity index (χ4v) is 4.49. The van der Waals surface area contributed by atoms with Crippen LogP contribution in [-0.2, 0) is 14.3 Å². The van der Waals surface area contributed by atoms with Crippen LogP contribution in [0.15, 0.2) is 48.5 Å². The second kappa shape index (κ2) is 12.4. The van der Waals surface area contributed by atoms with Gasteiger partial charge in [-0.15, -0.1) is 0 Å². The molecule has 2 amide bonds. The van der Waals surface area contributed by atoms with Gasteiger partial charge in [0.1, 0.15) is 6.61 Å². The van der Waals surface area contributed by atoms with Crippen molar-refractivity contribution >= 4 is 18.0 Å². The van der Waals surface area contributed by atoms with Crippen molar-refractivity contribution in [3.8, 4) is 11.1 Å². The first-order valence-electron chi connectivity index (χ1n) is 12.4. The van der Waals surface area contributed by atoms with Crippen molar-refractivity contribution in [3.05, 3.63) is 59.7 Å². The average Bonchev–Trinajstić information content (AvgIpc) is 3.14. The molecule has 2 aromatic carbocycles. The fourth-order valence-electron chi connectivity index (χ4n) is 4.49. The number of carboxylic acid groups (broad SMARTS) is 1. The Kier molecular flexibility index (Phi) is 9.29. The number of nitrogens with one attached hydrogen (secondary N) is 2. The first-order chi connectivity index (χ1) is 16.8. The molecule has 2 aromatic rings. The third-order valence-corrected chi connectivity index (χ3v) is 6.67. The van der Waals surface area contributed by atoms with Gasteiger partial charge in [0.15, 0.2) is 0 Å². The minimum Gasteiger partial charge on any atom is -0.481 e. The number of carbonyl (C=O) groups is 3. The van der Waals surface area contributed by atoms with Crippen molar-refractivity contribution in [1.82, 2.24) is 10.6 Å². The number of rotatable bonds is 12. The number of aliphatic carboxylic acids is 1. The Morgan fingerprint density at radius 2 is 1.54 bits per heavy atom. The first-order valence-corrected chi connectivity index (χ1v) is 12.4. The summed E-state index contributed by atoms with van der Waals surface area (Å²) in [6.45, 7) is 6.59. The number of ether oxygens (including phenoxy) is 1. The summed E-state index contributed by atoms with van der Waals surface area (Å²) in [5.41, 5.74) is 4.65. The zero-order valence-electron chi connectivity index (χ0n) is 20.8. The van der Waals surface area contributed by atoms with Crippen LogP contribution in [0.25, 0.3) is 11.1 Å². The largest absolute Gasteiger partial charge is 0.481 e. The highest BCUT2D eigenvalue weighted by Crippen LogP contribution is 2.44. The Balaban J connectivity index is 1.48. The van der Waals surface area contributed by atoms with Gasteiger partial charge in [0, 0.05) is 31.3 Å². The molecule has 0 aromatic heterocycles. The number of benzene rings is 2. The standard InChI is InChI=1S/C28H36N2O5/c1-18(2)25(16-26(31)29-15-14-19(3)12-13-27(32)33)30-28(34)35-17-24-22-10-6-4-8-20(22)21-9-5-7-11-23(21)24/h4-11,18-19,24-25H,12-17H2,1-3H3,(H,29,31)(H,30,34)(H,32,33)/t19?,25-/m1/s1. The molecule has 1 aliphatic carbocycles. The lowest BCUT2D eigenvalue weighted by Gasteiger charge is -2.23. The lowest BCUT2D eigenvalue weighted by Crippen LogP contribution is -2.43. The summed E-state index contributed by atoms with van der Waals surface area (Å²) in [7, 11) is 0. The molecule has 0 saturated carbocycles. The van der Waals surface area contributed by atoms with Crippen LogP contribution in [0.1, 0.15) is 63.5 Å². The second-order valence-corrected chi connectivity index (χ2v) is 9.70. The van der Waals surface area contributed by atoms with E-state index in [-0.39, 0.29) is 49.2 Å². The third kappa shape index (κ3) is 7.31. The quantitative estimate of drug-likeness (QED) is 0.399. The number of alkyl carbamates (subject to hydrolysis) is 1. The molecule has 0 heterocycles. The summed E-state index contributed by atoms with van der Waals surface area (Å²) in [6.07, 6.45) is 1.06. The Morgan fingerprint density at radius 1 is 0.943 bits per heavy atom. The molecule has 3 rings (SSSR count). The predicted molar refractivity (Wildman–Crippen MR) is 135 cm³/mol. The van der Waals surface area contributed by atoms with E-state index in [1.807, 2.05) is 45.0 Å². The van der Waals surface area contributed by atoms with Gasteiger partial charge in [0.25, 0.3) is 0 Å². The maximum absolute atomic E-state index is 12.6.